The van der Waals surface area contributed by atoms with Crippen LogP contribution in [0, 0.1) is 0 Å². The Balaban J connectivity index is 2.80. The summed E-state index contributed by atoms with van der Waals surface area (Å²) < 4.78 is 0.613. The number of hydrogen-bond acceptors (Lipinski definition) is 3. The average Bonchev–Trinajstić information content (AvgIpc) is 2.29. The van der Waals surface area contributed by atoms with Gasteiger partial charge in [0.15, 0.2) is 0 Å². The van der Waals surface area contributed by atoms with E-state index in [1.165, 1.54) is 0 Å². The summed E-state index contributed by atoms with van der Waals surface area (Å²) in [6.07, 6.45) is 2.22. The summed E-state index contributed by atoms with van der Waals surface area (Å²) in [5.74, 6) is -0.207. The minimum absolute atomic E-state index is 0.0819. The van der Waals surface area contributed by atoms with E-state index >= 15 is 0 Å². The standard InChI is InChI=1S/C11H15BrN2O2/c1-3-11(2,7-15)14-10(16)8-4-5-13-9(12)6-8/h4-6,15H,3,7H2,1-2H3,(H,14,16). The lowest BCUT2D eigenvalue weighted by atomic mass is 10.00. The van der Waals surface area contributed by atoms with Crippen LogP contribution >= 0.6 is 15.9 Å². The van der Waals surface area contributed by atoms with Gasteiger partial charge in [-0.25, -0.2) is 4.98 Å². The van der Waals surface area contributed by atoms with E-state index in [9.17, 15) is 9.90 Å². The molecule has 0 saturated heterocycles. The summed E-state index contributed by atoms with van der Waals surface area (Å²) >= 11 is 3.20. The first-order chi connectivity index (χ1) is 7.50. The number of carbonyl (C=O) groups is 1. The SMILES string of the molecule is CCC(C)(CO)NC(=O)c1ccnc(Br)c1. The lowest BCUT2D eigenvalue weighted by molar-refractivity contribution is 0.0847. The minimum atomic E-state index is -0.577. The van der Waals surface area contributed by atoms with Gasteiger partial charge in [-0.3, -0.25) is 4.79 Å². The lowest BCUT2D eigenvalue weighted by Crippen LogP contribution is -2.48. The van der Waals surface area contributed by atoms with Crippen LogP contribution in [0.25, 0.3) is 0 Å². The van der Waals surface area contributed by atoms with Crippen LogP contribution in [0.1, 0.15) is 30.6 Å². The van der Waals surface area contributed by atoms with Gasteiger partial charge in [0, 0.05) is 11.8 Å². The number of hydrogen-bond donors (Lipinski definition) is 2. The van der Waals surface area contributed by atoms with Crippen LogP contribution < -0.4 is 5.32 Å². The molecule has 0 aliphatic heterocycles. The molecular formula is C11H15BrN2O2. The smallest absolute Gasteiger partial charge is 0.251 e. The molecule has 0 aliphatic carbocycles. The molecule has 0 aliphatic rings. The molecule has 0 bridgehead atoms. The van der Waals surface area contributed by atoms with Crippen LogP contribution in [0.2, 0.25) is 0 Å². The fourth-order valence-electron chi connectivity index (χ4n) is 1.13. The Morgan fingerprint density at radius 3 is 2.88 bits per heavy atom. The van der Waals surface area contributed by atoms with Crippen molar-refractivity contribution in [2.45, 2.75) is 25.8 Å². The van der Waals surface area contributed by atoms with Crippen LogP contribution in [-0.2, 0) is 0 Å². The molecule has 2 N–H and O–H groups in total. The highest BCUT2D eigenvalue weighted by Crippen LogP contribution is 2.12. The number of nitrogens with zero attached hydrogens (tertiary/aromatic N) is 1. The van der Waals surface area contributed by atoms with Gasteiger partial charge in [-0.1, -0.05) is 6.92 Å². The molecule has 4 nitrogen and oxygen atoms in total. The largest absolute Gasteiger partial charge is 0.394 e. The molecule has 16 heavy (non-hydrogen) atoms. The molecule has 1 amide bonds. The lowest BCUT2D eigenvalue weighted by Gasteiger charge is -2.27. The Morgan fingerprint density at radius 2 is 2.38 bits per heavy atom. The van der Waals surface area contributed by atoms with Crippen molar-refractivity contribution < 1.29 is 9.90 Å². The van der Waals surface area contributed by atoms with Crippen LogP contribution in [0.15, 0.2) is 22.9 Å². The number of amides is 1. The third-order valence-electron chi connectivity index (χ3n) is 2.53. The first kappa shape index (κ1) is 13.1. The van der Waals surface area contributed by atoms with E-state index in [4.69, 9.17) is 0 Å². The summed E-state index contributed by atoms with van der Waals surface area (Å²) in [4.78, 5) is 15.8. The maximum absolute atomic E-state index is 11.9. The van der Waals surface area contributed by atoms with Crippen molar-refractivity contribution in [2.24, 2.45) is 0 Å². The van der Waals surface area contributed by atoms with Crippen molar-refractivity contribution >= 4 is 21.8 Å². The number of aliphatic hydroxyl groups excluding tert-OH is 1. The second-order valence-electron chi connectivity index (χ2n) is 3.89. The molecular weight excluding hydrogens is 272 g/mol. The zero-order valence-electron chi connectivity index (χ0n) is 9.33. The Morgan fingerprint density at radius 1 is 1.69 bits per heavy atom. The maximum Gasteiger partial charge on any atom is 0.251 e. The monoisotopic (exact) mass is 286 g/mol. The second-order valence-corrected chi connectivity index (χ2v) is 4.71. The summed E-state index contributed by atoms with van der Waals surface area (Å²) in [6, 6.07) is 3.27. The van der Waals surface area contributed by atoms with E-state index in [1.807, 2.05) is 6.92 Å². The number of halogens is 1. The summed E-state index contributed by atoms with van der Waals surface area (Å²) in [5, 5.41) is 12.0. The van der Waals surface area contributed by atoms with Crippen LogP contribution in [0.3, 0.4) is 0 Å². The summed E-state index contributed by atoms with van der Waals surface area (Å²) in [5.41, 5.74) is -0.0534. The van der Waals surface area contributed by atoms with Crippen molar-refractivity contribution in [3.8, 4) is 0 Å². The first-order valence-corrected chi connectivity index (χ1v) is 5.85. The van der Waals surface area contributed by atoms with E-state index < -0.39 is 5.54 Å². The van der Waals surface area contributed by atoms with Crippen LogP contribution in [0.4, 0.5) is 0 Å². The van der Waals surface area contributed by atoms with E-state index in [1.54, 1.807) is 25.3 Å². The topological polar surface area (TPSA) is 62.2 Å². The molecule has 0 fully saturated rings. The van der Waals surface area contributed by atoms with Crippen molar-refractivity contribution in [3.05, 3.63) is 28.5 Å². The number of aromatic nitrogens is 1. The number of nitrogens with one attached hydrogen (secondary N) is 1. The van der Waals surface area contributed by atoms with Gasteiger partial charge in [0.2, 0.25) is 0 Å². The Labute approximate surface area is 103 Å². The zero-order valence-corrected chi connectivity index (χ0v) is 10.9. The van der Waals surface area contributed by atoms with E-state index in [-0.39, 0.29) is 12.5 Å². The predicted octanol–water partition coefficient (Wildman–Crippen LogP) is 1.73. The molecule has 88 valence electrons. The van der Waals surface area contributed by atoms with Crippen molar-refractivity contribution in [2.75, 3.05) is 6.61 Å². The number of carbonyl (C=O) groups excluding carboxylic acids is 1. The molecule has 1 unspecified atom stereocenters. The van der Waals surface area contributed by atoms with Gasteiger partial charge in [0.1, 0.15) is 4.60 Å². The molecule has 0 radical (unpaired) electrons. The van der Waals surface area contributed by atoms with Gasteiger partial charge < -0.3 is 10.4 Å². The normalized spacial score (nSPS) is 14.2. The number of aliphatic hydroxyl groups is 1. The molecule has 1 atom stereocenters. The Bertz CT molecular complexity index is 378. The highest BCUT2D eigenvalue weighted by Gasteiger charge is 2.23. The number of rotatable bonds is 4. The van der Waals surface area contributed by atoms with E-state index in [2.05, 4.69) is 26.2 Å². The zero-order chi connectivity index (χ0) is 12.2. The van der Waals surface area contributed by atoms with E-state index in [0.717, 1.165) is 0 Å². The molecule has 0 spiro atoms. The predicted molar refractivity (Wildman–Crippen MR) is 65.2 cm³/mol. The van der Waals surface area contributed by atoms with Gasteiger partial charge in [-0.2, -0.15) is 0 Å². The van der Waals surface area contributed by atoms with Crippen molar-refractivity contribution in [1.29, 1.82) is 0 Å². The van der Waals surface area contributed by atoms with Crippen molar-refractivity contribution in [1.82, 2.24) is 10.3 Å². The highest BCUT2D eigenvalue weighted by atomic mass is 79.9. The van der Waals surface area contributed by atoms with Gasteiger partial charge >= 0.3 is 0 Å². The van der Waals surface area contributed by atoms with Gasteiger partial charge in [-0.15, -0.1) is 0 Å². The fraction of sp³-hybridized carbons (Fsp3) is 0.455. The van der Waals surface area contributed by atoms with Gasteiger partial charge in [0.25, 0.3) is 5.91 Å². The average molecular weight is 287 g/mol. The second kappa shape index (κ2) is 5.41. The fourth-order valence-corrected chi connectivity index (χ4v) is 1.49. The minimum Gasteiger partial charge on any atom is -0.394 e. The highest BCUT2D eigenvalue weighted by molar-refractivity contribution is 9.10. The van der Waals surface area contributed by atoms with Gasteiger partial charge in [0.05, 0.1) is 12.1 Å². The maximum atomic E-state index is 11.9. The van der Waals surface area contributed by atoms with Crippen LogP contribution in [-0.4, -0.2) is 28.1 Å². The van der Waals surface area contributed by atoms with Crippen molar-refractivity contribution in [3.63, 3.8) is 0 Å². The summed E-state index contributed by atoms with van der Waals surface area (Å²) in [7, 11) is 0. The Hall–Kier alpha value is -0.940. The van der Waals surface area contributed by atoms with Gasteiger partial charge in [-0.05, 0) is 41.4 Å². The molecule has 1 aromatic heterocycles. The molecule has 1 rings (SSSR count). The van der Waals surface area contributed by atoms with Crippen LogP contribution in [0.5, 0.6) is 0 Å². The third kappa shape index (κ3) is 3.28. The molecule has 0 saturated carbocycles. The quantitative estimate of drug-likeness (QED) is 0.829. The molecule has 1 aromatic rings. The van der Waals surface area contributed by atoms with E-state index in [0.29, 0.717) is 16.6 Å². The molecule has 1 heterocycles. The molecule has 0 aromatic carbocycles. The molecule has 5 heteroatoms. The third-order valence-corrected chi connectivity index (χ3v) is 2.97. The summed E-state index contributed by atoms with van der Waals surface area (Å²) in [6.45, 7) is 3.64. The number of pyridine rings is 1. The Kier molecular flexibility index (Phi) is 4.44. The first-order valence-electron chi connectivity index (χ1n) is 5.05.